The van der Waals surface area contributed by atoms with Gasteiger partial charge in [0.15, 0.2) is 5.75 Å². The Labute approximate surface area is 210 Å². The van der Waals surface area contributed by atoms with Gasteiger partial charge in [0.1, 0.15) is 17.6 Å². The highest BCUT2D eigenvalue weighted by Gasteiger charge is 2.24. The van der Waals surface area contributed by atoms with Crippen LogP contribution in [0.4, 0.5) is 8.92 Å². The molecule has 1 N–H and O–H groups in total. The standard InChI is InChI=1S/C30H31F2NO3/c31-16-2-17-33-18-15-27(20-33)35-25-11-7-22(8-12-25)30-28(21-5-9-24(34)10-6-21)4-1-3-23-19-26(36-32)13-14-29(23)30/h5-14,19,27,34H,1-4,15-18,20H2. The third-order valence-corrected chi connectivity index (χ3v) is 7.11. The van der Waals surface area contributed by atoms with Crippen LogP contribution < -0.4 is 9.68 Å². The molecule has 0 amide bonds. The van der Waals surface area contributed by atoms with Crippen molar-refractivity contribution in [1.82, 2.24) is 4.90 Å². The average Bonchev–Trinajstić information content (AvgIpc) is 3.26. The van der Waals surface area contributed by atoms with Crippen LogP contribution >= 0.6 is 0 Å². The van der Waals surface area contributed by atoms with E-state index in [2.05, 4.69) is 22.0 Å². The molecule has 188 valence electrons. The van der Waals surface area contributed by atoms with Crippen molar-refractivity contribution in [1.29, 1.82) is 0 Å². The lowest BCUT2D eigenvalue weighted by Gasteiger charge is -2.19. The van der Waals surface area contributed by atoms with Gasteiger partial charge in [0, 0.05) is 24.2 Å². The molecule has 1 unspecified atom stereocenters. The Bertz CT molecular complexity index is 1210. The first-order valence-corrected chi connectivity index (χ1v) is 12.6. The Morgan fingerprint density at radius 1 is 0.917 bits per heavy atom. The summed E-state index contributed by atoms with van der Waals surface area (Å²) in [5.74, 6) is 1.26. The number of rotatable bonds is 8. The minimum Gasteiger partial charge on any atom is -0.508 e. The largest absolute Gasteiger partial charge is 0.508 e. The zero-order chi connectivity index (χ0) is 24.9. The fourth-order valence-electron chi connectivity index (χ4n) is 5.37. The maximum Gasteiger partial charge on any atom is 0.172 e. The normalized spacial score (nSPS) is 18.1. The molecule has 1 aliphatic heterocycles. The van der Waals surface area contributed by atoms with Crippen molar-refractivity contribution >= 4 is 11.1 Å². The zero-order valence-corrected chi connectivity index (χ0v) is 20.3. The van der Waals surface area contributed by atoms with Gasteiger partial charge in [-0.15, -0.1) is 0 Å². The molecule has 1 aliphatic carbocycles. The van der Waals surface area contributed by atoms with Gasteiger partial charge in [-0.05, 0) is 102 Å². The van der Waals surface area contributed by atoms with Crippen molar-refractivity contribution in [2.75, 3.05) is 26.3 Å². The number of phenols is 1. The van der Waals surface area contributed by atoms with Gasteiger partial charge in [0.05, 0.1) is 6.67 Å². The summed E-state index contributed by atoms with van der Waals surface area (Å²) in [5.41, 5.74) is 6.51. The van der Waals surface area contributed by atoms with Crippen LogP contribution in [0, 0.1) is 0 Å². The highest BCUT2D eigenvalue weighted by molar-refractivity contribution is 6.00. The molecule has 2 aliphatic rings. The van der Waals surface area contributed by atoms with Gasteiger partial charge >= 0.3 is 0 Å². The molecule has 3 aromatic carbocycles. The average molecular weight is 492 g/mol. The number of aromatic hydroxyl groups is 1. The summed E-state index contributed by atoms with van der Waals surface area (Å²) >= 11 is 0. The van der Waals surface area contributed by atoms with Gasteiger partial charge in [0.2, 0.25) is 0 Å². The number of alkyl halides is 1. The van der Waals surface area contributed by atoms with Gasteiger partial charge < -0.3 is 9.84 Å². The van der Waals surface area contributed by atoms with E-state index in [0.717, 1.165) is 78.9 Å². The smallest absolute Gasteiger partial charge is 0.172 e. The number of allylic oxidation sites excluding steroid dienone is 1. The molecule has 3 aromatic rings. The van der Waals surface area contributed by atoms with E-state index in [9.17, 15) is 14.0 Å². The molecule has 6 heteroatoms. The molecule has 0 aromatic heterocycles. The predicted molar refractivity (Wildman–Crippen MR) is 138 cm³/mol. The molecule has 5 rings (SSSR count). The molecule has 1 heterocycles. The second kappa shape index (κ2) is 11.1. The van der Waals surface area contributed by atoms with E-state index in [1.807, 2.05) is 30.3 Å². The Morgan fingerprint density at radius 2 is 1.67 bits per heavy atom. The maximum atomic E-state index is 12.9. The maximum absolute atomic E-state index is 12.9. The lowest BCUT2D eigenvalue weighted by Crippen LogP contribution is -2.26. The Hall–Kier alpha value is -3.38. The van der Waals surface area contributed by atoms with Crippen LogP contribution in [0.15, 0.2) is 66.7 Å². The minimum absolute atomic E-state index is 0.111. The SMILES string of the molecule is Oc1ccc(C2=C(c3ccc(OC4CCN(CCCF)C4)cc3)c3ccc(OF)cc3CCC2)cc1. The first kappa shape index (κ1) is 24.3. The summed E-state index contributed by atoms with van der Waals surface area (Å²) in [7, 11) is 0. The molecule has 0 bridgehead atoms. The zero-order valence-electron chi connectivity index (χ0n) is 20.3. The van der Waals surface area contributed by atoms with Gasteiger partial charge in [-0.2, -0.15) is 0 Å². The topological polar surface area (TPSA) is 41.9 Å². The third-order valence-electron chi connectivity index (χ3n) is 7.11. The first-order chi connectivity index (χ1) is 17.6. The molecular formula is C30H31F2NO3. The fourth-order valence-corrected chi connectivity index (χ4v) is 5.37. The van der Waals surface area contributed by atoms with Crippen molar-refractivity contribution in [2.45, 2.75) is 38.2 Å². The second-order valence-electron chi connectivity index (χ2n) is 9.55. The second-order valence-corrected chi connectivity index (χ2v) is 9.55. The molecule has 4 nitrogen and oxygen atoms in total. The summed E-state index contributed by atoms with van der Waals surface area (Å²) in [6.45, 7) is 2.26. The lowest BCUT2D eigenvalue weighted by molar-refractivity contribution is -0.00629. The van der Waals surface area contributed by atoms with Gasteiger partial charge in [-0.1, -0.05) is 30.3 Å². The molecule has 1 fully saturated rings. The van der Waals surface area contributed by atoms with Crippen LogP contribution in [0.1, 0.15) is 47.9 Å². The Morgan fingerprint density at radius 3 is 2.42 bits per heavy atom. The number of hydrogen-bond acceptors (Lipinski definition) is 4. The van der Waals surface area contributed by atoms with Crippen molar-refractivity contribution in [2.24, 2.45) is 0 Å². The molecule has 0 saturated carbocycles. The van der Waals surface area contributed by atoms with Gasteiger partial charge in [-0.25, -0.2) is 0 Å². The predicted octanol–water partition coefficient (Wildman–Crippen LogP) is 6.76. The minimum atomic E-state index is -0.281. The number of aryl methyl sites for hydroxylation is 1. The van der Waals surface area contributed by atoms with E-state index in [1.54, 1.807) is 24.3 Å². The number of hydrogen-bond donors (Lipinski definition) is 1. The number of benzene rings is 3. The number of halogens is 2. The van der Waals surface area contributed by atoms with Crippen LogP contribution in [0.25, 0.3) is 11.1 Å². The van der Waals surface area contributed by atoms with E-state index < -0.39 is 0 Å². The molecule has 1 saturated heterocycles. The van der Waals surface area contributed by atoms with Crippen molar-refractivity contribution in [3.8, 4) is 17.2 Å². The lowest BCUT2D eigenvalue weighted by atomic mass is 9.88. The molecule has 0 radical (unpaired) electrons. The molecule has 36 heavy (non-hydrogen) atoms. The van der Waals surface area contributed by atoms with Gasteiger partial charge in [0.25, 0.3) is 0 Å². The first-order valence-electron chi connectivity index (χ1n) is 12.6. The van der Waals surface area contributed by atoms with E-state index >= 15 is 0 Å². The van der Waals surface area contributed by atoms with Crippen LogP contribution in [-0.2, 0) is 6.42 Å². The van der Waals surface area contributed by atoms with E-state index in [-0.39, 0.29) is 24.3 Å². The highest BCUT2D eigenvalue weighted by Crippen LogP contribution is 2.41. The number of nitrogens with zero attached hydrogens (tertiary/aromatic N) is 1. The highest BCUT2D eigenvalue weighted by atomic mass is 19.3. The summed E-state index contributed by atoms with van der Waals surface area (Å²) in [5, 5.41) is 9.82. The third kappa shape index (κ3) is 5.39. The Balaban J connectivity index is 1.47. The number of phenolic OH excluding ortho intramolecular Hbond substituents is 1. The molecular weight excluding hydrogens is 460 g/mol. The number of fused-ring (bicyclic) bond motifs is 1. The summed E-state index contributed by atoms with van der Waals surface area (Å²) in [4.78, 5) is 6.27. The van der Waals surface area contributed by atoms with Crippen LogP contribution in [0.2, 0.25) is 0 Å². The Kier molecular flexibility index (Phi) is 7.52. The number of ether oxygens (including phenoxy) is 1. The van der Waals surface area contributed by atoms with Crippen LogP contribution in [0.5, 0.6) is 17.2 Å². The summed E-state index contributed by atoms with van der Waals surface area (Å²) in [6, 6.07) is 20.8. The van der Waals surface area contributed by atoms with E-state index in [1.165, 1.54) is 5.57 Å². The van der Waals surface area contributed by atoms with E-state index in [4.69, 9.17) is 4.74 Å². The van der Waals surface area contributed by atoms with Crippen LogP contribution in [0.3, 0.4) is 0 Å². The molecule has 1 atom stereocenters. The fraction of sp³-hybridized carbons (Fsp3) is 0.333. The number of likely N-dealkylation sites (tertiary alicyclic amines) is 1. The quantitative estimate of drug-likeness (QED) is 0.378. The van der Waals surface area contributed by atoms with Crippen molar-refractivity contribution in [3.05, 3.63) is 89.0 Å². The van der Waals surface area contributed by atoms with E-state index in [0.29, 0.717) is 6.42 Å². The summed E-state index contributed by atoms with van der Waals surface area (Å²) in [6.07, 6.45) is 4.22. The van der Waals surface area contributed by atoms with Crippen molar-refractivity contribution in [3.63, 3.8) is 0 Å². The van der Waals surface area contributed by atoms with Crippen LogP contribution in [-0.4, -0.2) is 42.4 Å². The molecule has 0 spiro atoms. The van der Waals surface area contributed by atoms with Gasteiger partial charge in [-0.3, -0.25) is 14.2 Å². The van der Waals surface area contributed by atoms with Crippen molar-refractivity contribution < 1.29 is 23.7 Å². The monoisotopic (exact) mass is 491 g/mol. The summed E-state index contributed by atoms with van der Waals surface area (Å²) < 4.78 is 31.7.